The minimum absolute atomic E-state index is 0.257. The second kappa shape index (κ2) is 6.88. The number of alkyl halides is 1. The molecule has 1 aromatic carbocycles. The Hall–Kier alpha value is 0.357. The smallest absolute Gasteiger partial charge is 0.192 e. The van der Waals surface area contributed by atoms with E-state index in [0.29, 0.717) is 6.61 Å². The lowest BCUT2D eigenvalue weighted by Gasteiger charge is -2.36. The molecule has 1 nitrogen and oxygen atoms in total. The third kappa shape index (κ3) is 4.99. The quantitative estimate of drug-likeness (QED) is 0.435. The van der Waals surface area contributed by atoms with Gasteiger partial charge >= 0.3 is 0 Å². The van der Waals surface area contributed by atoms with Crippen LogP contribution in [0.15, 0.2) is 22.7 Å². The van der Waals surface area contributed by atoms with E-state index in [2.05, 4.69) is 83.9 Å². The molecule has 108 valence electrons. The van der Waals surface area contributed by atoms with Crippen LogP contribution in [0.4, 0.5) is 0 Å². The van der Waals surface area contributed by atoms with Crippen molar-refractivity contribution in [3.05, 3.63) is 33.8 Å². The summed E-state index contributed by atoms with van der Waals surface area (Å²) < 4.78 is 7.43. The van der Waals surface area contributed by atoms with E-state index in [9.17, 15) is 0 Å². The fraction of sp³-hybridized carbons (Fsp3) is 0.600. The molecule has 1 aromatic rings. The van der Waals surface area contributed by atoms with Crippen LogP contribution in [0.1, 0.15) is 31.9 Å². The van der Waals surface area contributed by atoms with Gasteiger partial charge in [0.15, 0.2) is 8.32 Å². The van der Waals surface area contributed by atoms with E-state index in [1.54, 1.807) is 0 Å². The highest BCUT2D eigenvalue weighted by atomic mass is 79.9. The Labute approximate surface area is 135 Å². The van der Waals surface area contributed by atoms with Gasteiger partial charge in [-0.15, -0.1) is 0 Å². The Morgan fingerprint density at radius 2 is 1.84 bits per heavy atom. The molecule has 0 saturated heterocycles. The maximum atomic E-state index is 6.29. The summed E-state index contributed by atoms with van der Waals surface area (Å²) in [6.45, 7) is 12.1. The zero-order chi connectivity index (χ0) is 14.7. The first kappa shape index (κ1) is 17.4. The predicted molar refractivity (Wildman–Crippen MR) is 93.6 cm³/mol. The van der Waals surface area contributed by atoms with Crippen molar-refractivity contribution >= 4 is 40.2 Å². The van der Waals surface area contributed by atoms with Crippen LogP contribution in [0.25, 0.3) is 0 Å². The average molecular weight is 408 g/mol. The first-order valence-corrected chi connectivity index (χ1v) is 11.5. The van der Waals surface area contributed by atoms with Gasteiger partial charge in [-0.2, -0.15) is 0 Å². The molecule has 19 heavy (non-hydrogen) atoms. The molecule has 0 fully saturated rings. The highest BCUT2D eigenvalue weighted by molar-refractivity contribution is 9.10. The topological polar surface area (TPSA) is 9.23 Å². The number of halogens is 2. The van der Waals surface area contributed by atoms with Crippen molar-refractivity contribution < 1.29 is 4.43 Å². The van der Waals surface area contributed by atoms with Gasteiger partial charge < -0.3 is 4.43 Å². The van der Waals surface area contributed by atoms with Crippen molar-refractivity contribution in [3.8, 4) is 0 Å². The van der Waals surface area contributed by atoms with Crippen molar-refractivity contribution in [2.45, 2.75) is 51.9 Å². The van der Waals surface area contributed by atoms with E-state index in [1.807, 2.05) is 0 Å². The second-order valence-electron chi connectivity index (χ2n) is 6.41. The Kier molecular flexibility index (Phi) is 6.30. The molecule has 0 N–H and O–H groups in total. The second-order valence-corrected chi connectivity index (χ2v) is 12.9. The standard InChI is InChI=1S/C15H24Br2OSi/c1-15(2,3)19(4,5)18-11-13-10-12(8-9-16)6-7-14(13)17/h6-7,10H,8-9,11H2,1-5H3. The summed E-state index contributed by atoms with van der Waals surface area (Å²) in [6.07, 6.45) is 1.06. The summed E-state index contributed by atoms with van der Waals surface area (Å²) in [5.74, 6) is 0. The molecule has 0 aromatic heterocycles. The van der Waals surface area contributed by atoms with Crippen molar-refractivity contribution in [1.29, 1.82) is 0 Å². The van der Waals surface area contributed by atoms with Crippen LogP contribution in [-0.4, -0.2) is 13.6 Å². The molecule has 0 heterocycles. The van der Waals surface area contributed by atoms with Crippen LogP contribution in [0.5, 0.6) is 0 Å². The van der Waals surface area contributed by atoms with Crippen molar-refractivity contribution in [1.82, 2.24) is 0 Å². The molecule has 4 heteroatoms. The van der Waals surface area contributed by atoms with E-state index in [1.165, 1.54) is 11.1 Å². The molecule has 0 spiro atoms. The lowest BCUT2D eigenvalue weighted by Crippen LogP contribution is -2.40. The van der Waals surface area contributed by atoms with Gasteiger partial charge in [0, 0.05) is 9.80 Å². The van der Waals surface area contributed by atoms with Gasteiger partial charge in [-0.1, -0.05) is 64.8 Å². The maximum Gasteiger partial charge on any atom is 0.192 e. The van der Waals surface area contributed by atoms with Crippen LogP contribution in [0.2, 0.25) is 18.1 Å². The summed E-state index contributed by atoms with van der Waals surface area (Å²) in [5, 5.41) is 1.25. The van der Waals surface area contributed by atoms with Crippen molar-refractivity contribution in [3.63, 3.8) is 0 Å². The van der Waals surface area contributed by atoms with Crippen LogP contribution in [0.3, 0.4) is 0 Å². The largest absolute Gasteiger partial charge is 0.413 e. The zero-order valence-corrected chi connectivity index (χ0v) is 16.7. The maximum absolute atomic E-state index is 6.29. The normalized spacial score (nSPS) is 12.8. The Morgan fingerprint density at radius 1 is 1.21 bits per heavy atom. The molecule has 0 aliphatic heterocycles. The molecular weight excluding hydrogens is 384 g/mol. The number of benzene rings is 1. The van der Waals surface area contributed by atoms with Crippen LogP contribution < -0.4 is 0 Å². The van der Waals surface area contributed by atoms with Crippen LogP contribution in [-0.2, 0) is 17.5 Å². The molecule has 0 bridgehead atoms. The van der Waals surface area contributed by atoms with E-state index in [0.717, 1.165) is 16.2 Å². The molecular formula is C15H24Br2OSi. The van der Waals surface area contributed by atoms with Gasteiger partial charge in [0.2, 0.25) is 0 Å². The van der Waals surface area contributed by atoms with Gasteiger partial charge in [-0.05, 0) is 41.7 Å². The minimum Gasteiger partial charge on any atom is -0.413 e. The molecule has 1 rings (SSSR count). The third-order valence-corrected chi connectivity index (χ3v) is 9.54. The first-order chi connectivity index (χ1) is 8.67. The number of hydrogen-bond donors (Lipinski definition) is 0. The lowest BCUT2D eigenvalue weighted by molar-refractivity contribution is 0.275. The van der Waals surface area contributed by atoms with E-state index in [4.69, 9.17) is 4.43 Å². The van der Waals surface area contributed by atoms with E-state index < -0.39 is 8.32 Å². The first-order valence-electron chi connectivity index (χ1n) is 6.64. The van der Waals surface area contributed by atoms with Crippen molar-refractivity contribution in [2.24, 2.45) is 0 Å². The number of hydrogen-bond acceptors (Lipinski definition) is 1. The van der Waals surface area contributed by atoms with Gasteiger partial charge in [-0.3, -0.25) is 0 Å². The van der Waals surface area contributed by atoms with E-state index >= 15 is 0 Å². The molecule has 0 amide bonds. The number of rotatable bonds is 5. The van der Waals surface area contributed by atoms with Gasteiger partial charge in [0.05, 0.1) is 6.61 Å². The summed E-state index contributed by atoms with van der Waals surface area (Å²) in [4.78, 5) is 0. The molecule has 0 aliphatic rings. The third-order valence-electron chi connectivity index (χ3n) is 3.89. The predicted octanol–water partition coefficient (Wildman–Crippen LogP) is 5.91. The van der Waals surface area contributed by atoms with Crippen LogP contribution >= 0.6 is 31.9 Å². The van der Waals surface area contributed by atoms with Gasteiger partial charge in [0.1, 0.15) is 0 Å². The summed E-state index contributed by atoms with van der Waals surface area (Å²) >= 11 is 7.11. The highest BCUT2D eigenvalue weighted by Gasteiger charge is 2.37. The van der Waals surface area contributed by atoms with Crippen LogP contribution in [0, 0.1) is 0 Å². The van der Waals surface area contributed by atoms with Gasteiger partial charge in [-0.25, -0.2) is 0 Å². The Morgan fingerprint density at radius 3 is 2.37 bits per heavy atom. The summed E-state index contributed by atoms with van der Waals surface area (Å²) in [6, 6.07) is 6.54. The van der Waals surface area contributed by atoms with Crippen molar-refractivity contribution in [2.75, 3.05) is 5.33 Å². The van der Waals surface area contributed by atoms with E-state index in [-0.39, 0.29) is 5.04 Å². The van der Waals surface area contributed by atoms with Gasteiger partial charge in [0.25, 0.3) is 0 Å². The SMILES string of the molecule is CC(C)(C)[Si](C)(C)OCc1cc(CCBr)ccc1Br. The molecule has 0 atom stereocenters. The summed E-state index contributed by atoms with van der Waals surface area (Å²) in [7, 11) is -1.68. The average Bonchev–Trinajstić information content (AvgIpc) is 2.29. The molecule has 0 unspecified atom stereocenters. The molecule has 0 saturated carbocycles. The fourth-order valence-electron chi connectivity index (χ4n) is 1.48. The monoisotopic (exact) mass is 406 g/mol. The fourth-order valence-corrected chi connectivity index (χ4v) is 3.25. The Bertz CT molecular complexity index is 425. The highest BCUT2D eigenvalue weighted by Crippen LogP contribution is 2.37. The molecule has 0 aliphatic carbocycles. The Balaban J connectivity index is 2.80. The minimum atomic E-state index is -1.68. The summed E-state index contributed by atoms with van der Waals surface area (Å²) in [5.41, 5.74) is 2.61. The number of aryl methyl sites for hydroxylation is 1. The molecule has 0 radical (unpaired) electrons. The lowest BCUT2D eigenvalue weighted by atomic mass is 10.1. The zero-order valence-electron chi connectivity index (χ0n) is 12.5.